The summed E-state index contributed by atoms with van der Waals surface area (Å²) in [6, 6.07) is 7.50. The first-order valence-corrected chi connectivity index (χ1v) is 6.61. The summed E-state index contributed by atoms with van der Waals surface area (Å²) in [5.74, 6) is 0. The van der Waals surface area contributed by atoms with Gasteiger partial charge in [0.25, 0.3) is 0 Å². The molecule has 96 valence electrons. The first-order valence-electron chi connectivity index (χ1n) is 5.35. The highest BCUT2D eigenvalue weighted by Gasteiger charge is 2.15. The van der Waals surface area contributed by atoms with Crippen LogP contribution in [0.25, 0.3) is 0 Å². The third kappa shape index (κ3) is 2.77. The number of rotatable bonds is 4. The van der Waals surface area contributed by atoms with E-state index in [1.807, 2.05) is 24.3 Å². The summed E-state index contributed by atoms with van der Waals surface area (Å²) in [6.45, 7) is 0.452. The van der Waals surface area contributed by atoms with Crippen molar-refractivity contribution in [3.05, 3.63) is 45.3 Å². The fraction of sp³-hybridized carbons (Fsp3) is 0.273. The molecule has 0 aliphatic rings. The standard InChI is InChI=1S/C11H13ClN4OS/c1-16-10(17)14-15-11(16)18-9(6-13)7-2-4-8(12)5-3-7/h2-5,9H,6,13H2,1H3,(H,14,17). The molecule has 1 aromatic carbocycles. The molecular weight excluding hydrogens is 272 g/mol. The van der Waals surface area contributed by atoms with Crippen molar-refractivity contribution >= 4 is 23.4 Å². The molecule has 0 amide bonds. The van der Waals surface area contributed by atoms with Crippen molar-refractivity contribution in [2.75, 3.05) is 6.54 Å². The van der Waals surface area contributed by atoms with Crippen molar-refractivity contribution < 1.29 is 0 Å². The molecule has 0 bridgehead atoms. The summed E-state index contributed by atoms with van der Waals surface area (Å²) in [6.07, 6.45) is 0. The van der Waals surface area contributed by atoms with Gasteiger partial charge in [-0.3, -0.25) is 4.57 Å². The molecule has 0 radical (unpaired) electrons. The molecule has 0 saturated carbocycles. The van der Waals surface area contributed by atoms with Crippen LogP contribution in [-0.2, 0) is 7.05 Å². The Hall–Kier alpha value is -1.24. The van der Waals surface area contributed by atoms with Crippen molar-refractivity contribution in [2.45, 2.75) is 10.4 Å². The Bertz CT molecular complexity index is 577. The van der Waals surface area contributed by atoms with Crippen LogP contribution >= 0.6 is 23.4 Å². The van der Waals surface area contributed by atoms with Crippen molar-refractivity contribution in [1.82, 2.24) is 14.8 Å². The Kier molecular flexibility index (Phi) is 4.11. The van der Waals surface area contributed by atoms with E-state index in [1.165, 1.54) is 16.3 Å². The topological polar surface area (TPSA) is 76.7 Å². The molecule has 0 aliphatic heterocycles. The molecule has 0 fully saturated rings. The van der Waals surface area contributed by atoms with Gasteiger partial charge in [0.05, 0.1) is 0 Å². The first-order chi connectivity index (χ1) is 8.61. The van der Waals surface area contributed by atoms with Crippen LogP contribution in [0.4, 0.5) is 0 Å². The normalized spacial score (nSPS) is 12.6. The summed E-state index contributed by atoms with van der Waals surface area (Å²) in [5.41, 5.74) is 6.59. The van der Waals surface area contributed by atoms with E-state index in [9.17, 15) is 4.79 Å². The molecule has 0 aliphatic carbocycles. The molecular formula is C11H13ClN4OS. The molecule has 18 heavy (non-hydrogen) atoms. The number of H-pyrrole nitrogens is 1. The van der Waals surface area contributed by atoms with Gasteiger partial charge in [-0.05, 0) is 17.7 Å². The Morgan fingerprint density at radius 1 is 1.50 bits per heavy atom. The van der Waals surface area contributed by atoms with Crippen molar-refractivity contribution in [3.8, 4) is 0 Å². The van der Waals surface area contributed by atoms with E-state index < -0.39 is 0 Å². The van der Waals surface area contributed by atoms with Crippen LogP contribution in [0.3, 0.4) is 0 Å². The first kappa shape index (κ1) is 13.2. The lowest BCUT2D eigenvalue weighted by Gasteiger charge is -2.13. The van der Waals surface area contributed by atoms with E-state index in [2.05, 4.69) is 10.2 Å². The molecule has 0 spiro atoms. The molecule has 2 rings (SSSR count). The zero-order valence-electron chi connectivity index (χ0n) is 9.76. The Labute approximate surface area is 113 Å². The van der Waals surface area contributed by atoms with Crippen molar-refractivity contribution in [1.29, 1.82) is 0 Å². The van der Waals surface area contributed by atoms with Gasteiger partial charge in [-0.15, -0.1) is 5.10 Å². The highest BCUT2D eigenvalue weighted by atomic mass is 35.5. The number of aromatic amines is 1. The maximum atomic E-state index is 11.3. The second kappa shape index (κ2) is 5.60. The average Bonchev–Trinajstić information content (AvgIpc) is 2.69. The quantitative estimate of drug-likeness (QED) is 0.835. The number of aromatic nitrogens is 3. The van der Waals surface area contributed by atoms with E-state index in [0.717, 1.165) is 5.56 Å². The predicted molar refractivity (Wildman–Crippen MR) is 72.9 cm³/mol. The highest BCUT2D eigenvalue weighted by Crippen LogP contribution is 2.32. The van der Waals surface area contributed by atoms with E-state index in [1.54, 1.807) is 7.05 Å². The Morgan fingerprint density at radius 2 is 2.17 bits per heavy atom. The number of benzene rings is 1. The van der Waals surface area contributed by atoms with E-state index in [0.29, 0.717) is 16.7 Å². The summed E-state index contributed by atoms with van der Waals surface area (Å²) in [7, 11) is 1.67. The summed E-state index contributed by atoms with van der Waals surface area (Å²) < 4.78 is 1.46. The van der Waals surface area contributed by atoms with Gasteiger partial charge in [0.2, 0.25) is 0 Å². The molecule has 3 N–H and O–H groups in total. The molecule has 7 heteroatoms. The van der Waals surface area contributed by atoms with Gasteiger partial charge in [0.1, 0.15) is 0 Å². The second-order valence-corrected chi connectivity index (χ2v) is 5.37. The zero-order valence-corrected chi connectivity index (χ0v) is 11.3. The molecule has 1 atom stereocenters. The van der Waals surface area contributed by atoms with E-state index >= 15 is 0 Å². The molecule has 2 aromatic rings. The largest absolute Gasteiger partial charge is 0.343 e. The number of hydrogen-bond acceptors (Lipinski definition) is 4. The maximum absolute atomic E-state index is 11.3. The third-order valence-electron chi connectivity index (χ3n) is 2.54. The van der Waals surface area contributed by atoms with E-state index in [-0.39, 0.29) is 10.9 Å². The number of hydrogen-bond donors (Lipinski definition) is 2. The minimum Gasteiger partial charge on any atom is -0.329 e. The average molecular weight is 285 g/mol. The molecule has 0 saturated heterocycles. The van der Waals surface area contributed by atoms with Gasteiger partial charge in [-0.2, -0.15) is 0 Å². The van der Waals surface area contributed by atoms with Crippen LogP contribution in [0, 0.1) is 0 Å². The smallest absolute Gasteiger partial charge is 0.329 e. The van der Waals surface area contributed by atoms with Gasteiger partial charge >= 0.3 is 5.69 Å². The predicted octanol–water partition coefficient (Wildman–Crippen LogP) is 1.55. The SMILES string of the molecule is Cn1c(SC(CN)c2ccc(Cl)cc2)n[nH]c1=O. The number of nitrogens with zero attached hydrogens (tertiary/aromatic N) is 2. The number of halogens is 1. The van der Waals surface area contributed by atoms with E-state index in [4.69, 9.17) is 17.3 Å². The van der Waals surface area contributed by atoms with Gasteiger partial charge in [-0.25, -0.2) is 9.89 Å². The molecule has 5 nitrogen and oxygen atoms in total. The van der Waals surface area contributed by atoms with Crippen LogP contribution < -0.4 is 11.4 Å². The fourth-order valence-corrected chi connectivity index (χ4v) is 2.60. The van der Waals surface area contributed by atoms with Crippen molar-refractivity contribution in [3.63, 3.8) is 0 Å². The minimum absolute atomic E-state index is 0.0381. The lowest BCUT2D eigenvalue weighted by molar-refractivity contribution is 0.760. The lowest BCUT2D eigenvalue weighted by Crippen LogP contribution is -2.14. The van der Waals surface area contributed by atoms with Gasteiger partial charge < -0.3 is 5.73 Å². The summed E-state index contributed by atoms with van der Waals surface area (Å²) >= 11 is 7.30. The van der Waals surface area contributed by atoms with Crippen LogP contribution in [0.2, 0.25) is 5.02 Å². The summed E-state index contributed by atoms with van der Waals surface area (Å²) in [5, 5.41) is 7.70. The van der Waals surface area contributed by atoms with Crippen molar-refractivity contribution in [2.24, 2.45) is 12.8 Å². The van der Waals surface area contributed by atoms with Crippen LogP contribution in [0.1, 0.15) is 10.8 Å². The lowest BCUT2D eigenvalue weighted by atomic mass is 10.1. The Balaban J connectivity index is 2.22. The molecule has 1 unspecified atom stereocenters. The van der Waals surface area contributed by atoms with Crippen LogP contribution in [0.15, 0.2) is 34.2 Å². The fourth-order valence-electron chi connectivity index (χ4n) is 1.49. The number of thioether (sulfide) groups is 1. The maximum Gasteiger partial charge on any atom is 0.343 e. The highest BCUT2D eigenvalue weighted by molar-refractivity contribution is 7.99. The van der Waals surface area contributed by atoms with Gasteiger partial charge in [0.15, 0.2) is 5.16 Å². The molecule has 1 aromatic heterocycles. The number of nitrogens with two attached hydrogens (primary N) is 1. The number of nitrogens with one attached hydrogen (secondary N) is 1. The monoisotopic (exact) mass is 284 g/mol. The second-order valence-electron chi connectivity index (χ2n) is 3.76. The molecule has 1 heterocycles. The van der Waals surface area contributed by atoms with Crippen LogP contribution in [-0.4, -0.2) is 21.3 Å². The van der Waals surface area contributed by atoms with Crippen LogP contribution in [0.5, 0.6) is 0 Å². The Morgan fingerprint density at radius 3 is 2.67 bits per heavy atom. The zero-order chi connectivity index (χ0) is 13.1. The summed E-state index contributed by atoms with van der Waals surface area (Å²) in [4.78, 5) is 11.3. The third-order valence-corrected chi connectivity index (χ3v) is 4.12. The van der Waals surface area contributed by atoms with Gasteiger partial charge in [0, 0.05) is 23.9 Å². The minimum atomic E-state index is -0.232. The van der Waals surface area contributed by atoms with Gasteiger partial charge in [-0.1, -0.05) is 35.5 Å².